The van der Waals surface area contributed by atoms with Gasteiger partial charge < -0.3 is 4.42 Å². The molecule has 0 unspecified atom stereocenters. The lowest BCUT2D eigenvalue weighted by molar-refractivity contribution is 0.669. The van der Waals surface area contributed by atoms with Crippen LogP contribution in [0.15, 0.2) is 120 Å². The maximum Gasteiger partial charge on any atom is 0.165 e. The zero-order valence-electron chi connectivity index (χ0n) is 21.2. The topological polar surface area (TPSA) is 43.3 Å². The van der Waals surface area contributed by atoms with Crippen molar-refractivity contribution in [2.45, 2.75) is 0 Å². The molecule has 0 amide bonds. The first kappa shape index (κ1) is 20.5. The van der Waals surface area contributed by atoms with Gasteiger partial charge in [-0.15, -0.1) is 0 Å². The Balaban J connectivity index is 1.49. The minimum atomic E-state index is 0.885. The molecule has 0 radical (unpaired) electrons. The van der Waals surface area contributed by atoms with Gasteiger partial charge >= 0.3 is 0 Å². The predicted molar refractivity (Wildman–Crippen MR) is 164 cm³/mol. The molecule has 4 nitrogen and oxygen atoms in total. The Hall–Kier alpha value is -5.48. The molecule has 0 saturated carbocycles. The monoisotopic (exact) mass is 509 g/mol. The minimum Gasteiger partial charge on any atom is -0.456 e. The van der Waals surface area contributed by atoms with Gasteiger partial charge in [0.25, 0.3) is 0 Å². The molecule has 0 N–H and O–H groups in total. The van der Waals surface area contributed by atoms with Crippen LogP contribution in [-0.4, -0.2) is 14.4 Å². The second-order valence-electron chi connectivity index (χ2n) is 10.6. The fourth-order valence-corrected chi connectivity index (χ4v) is 6.81. The molecule has 10 rings (SSSR count). The highest BCUT2D eigenvalue weighted by molar-refractivity contribution is 6.32. The molecule has 6 aromatic carbocycles. The molecule has 0 spiro atoms. The summed E-state index contributed by atoms with van der Waals surface area (Å²) in [7, 11) is 0. The summed E-state index contributed by atoms with van der Waals surface area (Å²) in [5, 5.41) is 8.25. The van der Waals surface area contributed by atoms with Crippen LogP contribution in [0.1, 0.15) is 0 Å². The molecule has 4 heteroatoms. The molecule has 0 atom stereocenters. The lowest BCUT2D eigenvalue weighted by atomic mass is 9.95. The molecule has 4 heterocycles. The predicted octanol–water partition coefficient (Wildman–Crippen LogP) is 9.50. The van der Waals surface area contributed by atoms with Gasteiger partial charge in [0, 0.05) is 26.9 Å². The Labute approximate surface area is 227 Å². The van der Waals surface area contributed by atoms with Crippen molar-refractivity contribution in [3.05, 3.63) is 115 Å². The van der Waals surface area contributed by atoms with Crippen LogP contribution in [0.5, 0.6) is 0 Å². The molecule has 0 aliphatic carbocycles. The third kappa shape index (κ3) is 2.46. The Morgan fingerprint density at radius 2 is 1.30 bits per heavy atom. The third-order valence-corrected chi connectivity index (χ3v) is 8.48. The summed E-state index contributed by atoms with van der Waals surface area (Å²) in [5.74, 6) is 0. The number of para-hydroxylation sites is 3. The van der Waals surface area contributed by atoms with Gasteiger partial charge in [0.15, 0.2) is 5.65 Å². The van der Waals surface area contributed by atoms with E-state index in [2.05, 4.69) is 83.3 Å². The van der Waals surface area contributed by atoms with E-state index in [1.807, 2.05) is 36.4 Å². The van der Waals surface area contributed by atoms with Gasteiger partial charge in [0.05, 0.1) is 22.1 Å². The van der Waals surface area contributed by atoms with Crippen molar-refractivity contribution >= 4 is 82.1 Å². The molecule has 0 aliphatic heterocycles. The number of fused-ring (bicyclic) bond motifs is 12. The van der Waals surface area contributed by atoms with Crippen molar-refractivity contribution in [1.29, 1.82) is 0 Å². The molecule has 40 heavy (non-hydrogen) atoms. The smallest absolute Gasteiger partial charge is 0.165 e. The molecule has 0 bridgehead atoms. The van der Waals surface area contributed by atoms with Crippen molar-refractivity contribution < 1.29 is 4.42 Å². The maximum absolute atomic E-state index is 6.33. The summed E-state index contributed by atoms with van der Waals surface area (Å²) < 4.78 is 8.64. The highest BCUT2D eigenvalue weighted by Gasteiger charge is 2.24. The number of benzene rings is 6. The standard InChI is InChI=1S/C36H19N3O/c1-2-10-22-20(8-1)9-7-12-23(22)21-18-25-32-29(16-17-31-33(32)24-11-3-6-15-30(24)40-31)39-35(25)26(19-21)34-36(39)38-28-14-5-4-13-27(28)37-34/h1-19H. The van der Waals surface area contributed by atoms with Gasteiger partial charge in [-0.1, -0.05) is 72.8 Å². The van der Waals surface area contributed by atoms with Crippen molar-refractivity contribution in [2.24, 2.45) is 0 Å². The van der Waals surface area contributed by atoms with Gasteiger partial charge in [-0.2, -0.15) is 0 Å². The first-order valence-electron chi connectivity index (χ1n) is 13.5. The zero-order chi connectivity index (χ0) is 25.9. The van der Waals surface area contributed by atoms with E-state index in [0.717, 1.165) is 60.6 Å². The molecule has 0 fully saturated rings. The fourth-order valence-electron chi connectivity index (χ4n) is 6.81. The first-order chi connectivity index (χ1) is 19.8. The number of aromatic nitrogens is 3. The number of rotatable bonds is 1. The summed E-state index contributed by atoms with van der Waals surface area (Å²) in [6, 6.07) is 40.5. The van der Waals surface area contributed by atoms with E-state index in [1.165, 1.54) is 32.7 Å². The Kier molecular flexibility index (Phi) is 3.65. The van der Waals surface area contributed by atoms with E-state index < -0.39 is 0 Å². The Bertz CT molecular complexity index is 2650. The Morgan fingerprint density at radius 1 is 0.550 bits per heavy atom. The van der Waals surface area contributed by atoms with E-state index in [1.54, 1.807) is 0 Å². The average molecular weight is 510 g/mol. The molecular formula is C36H19N3O. The van der Waals surface area contributed by atoms with Gasteiger partial charge in [0.1, 0.15) is 16.7 Å². The molecular weight excluding hydrogens is 490 g/mol. The SMILES string of the molecule is c1ccc2c(-c3cc4c5nc6ccccc6nc5n5c6ccc7oc8ccccc8c7c6c(c3)c45)cccc2c1. The molecule has 4 aromatic heterocycles. The van der Waals surface area contributed by atoms with Crippen LogP contribution in [0, 0.1) is 0 Å². The average Bonchev–Trinajstić information content (AvgIpc) is 3.65. The van der Waals surface area contributed by atoms with E-state index >= 15 is 0 Å². The van der Waals surface area contributed by atoms with Gasteiger partial charge in [-0.3, -0.25) is 4.40 Å². The largest absolute Gasteiger partial charge is 0.456 e. The van der Waals surface area contributed by atoms with Crippen molar-refractivity contribution in [3.8, 4) is 11.1 Å². The molecule has 184 valence electrons. The normalized spacial score (nSPS) is 12.5. The molecule has 0 aliphatic rings. The van der Waals surface area contributed by atoms with E-state index in [-0.39, 0.29) is 0 Å². The quantitative estimate of drug-likeness (QED) is 0.221. The highest BCUT2D eigenvalue weighted by atomic mass is 16.3. The van der Waals surface area contributed by atoms with Crippen molar-refractivity contribution in [2.75, 3.05) is 0 Å². The van der Waals surface area contributed by atoms with Crippen LogP contribution < -0.4 is 0 Å². The van der Waals surface area contributed by atoms with Crippen molar-refractivity contribution in [3.63, 3.8) is 0 Å². The molecule has 0 saturated heterocycles. The maximum atomic E-state index is 6.33. The second-order valence-corrected chi connectivity index (χ2v) is 10.6. The third-order valence-electron chi connectivity index (χ3n) is 8.48. The summed E-state index contributed by atoms with van der Waals surface area (Å²) >= 11 is 0. The summed E-state index contributed by atoms with van der Waals surface area (Å²) in [5.41, 5.74) is 10.1. The van der Waals surface area contributed by atoms with Crippen LogP contribution in [0.3, 0.4) is 0 Å². The fraction of sp³-hybridized carbons (Fsp3) is 0. The summed E-state index contributed by atoms with van der Waals surface area (Å²) in [6.45, 7) is 0. The van der Waals surface area contributed by atoms with E-state index in [4.69, 9.17) is 14.4 Å². The lowest BCUT2D eigenvalue weighted by Gasteiger charge is -2.08. The van der Waals surface area contributed by atoms with Crippen LogP contribution in [-0.2, 0) is 0 Å². The lowest BCUT2D eigenvalue weighted by Crippen LogP contribution is -1.89. The zero-order valence-corrected chi connectivity index (χ0v) is 21.2. The summed E-state index contributed by atoms with van der Waals surface area (Å²) in [4.78, 5) is 10.3. The van der Waals surface area contributed by atoms with Crippen LogP contribution >= 0.6 is 0 Å². The van der Waals surface area contributed by atoms with Gasteiger partial charge in [-0.05, 0) is 64.4 Å². The second kappa shape index (κ2) is 7.13. The summed E-state index contributed by atoms with van der Waals surface area (Å²) in [6.07, 6.45) is 0. The highest BCUT2D eigenvalue weighted by Crippen LogP contribution is 2.46. The number of nitrogens with zero attached hydrogens (tertiary/aromatic N) is 3. The molecule has 10 aromatic rings. The van der Waals surface area contributed by atoms with Crippen LogP contribution in [0.25, 0.3) is 93.2 Å². The van der Waals surface area contributed by atoms with Crippen LogP contribution in [0.2, 0.25) is 0 Å². The first-order valence-corrected chi connectivity index (χ1v) is 13.5. The number of furan rings is 1. The van der Waals surface area contributed by atoms with Gasteiger partial charge in [0.2, 0.25) is 0 Å². The number of hydrogen-bond acceptors (Lipinski definition) is 3. The number of hydrogen-bond donors (Lipinski definition) is 0. The van der Waals surface area contributed by atoms with Crippen LogP contribution in [0.4, 0.5) is 0 Å². The van der Waals surface area contributed by atoms with Gasteiger partial charge in [-0.25, -0.2) is 9.97 Å². The van der Waals surface area contributed by atoms with Crippen molar-refractivity contribution in [1.82, 2.24) is 14.4 Å². The van der Waals surface area contributed by atoms with E-state index in [0.29, 0.717) is 0 Å². The Morgan fingerprint density at radius 3 is 2.23 bits per heavy atom. The van der Waals surface area contributed by atoms with E-state index in [9.17, 15) is 0 Å². The minimum absolute atomic E-state index is 0.885.